The van der Waals surface area contributed by atoms with Gasteiger partial charge in [-0.25, -0.2) is 4.98 Å². The fourth-order valence-corrected chi connectivity index (χ4v) is 3.85. The van der Waals surface area contributed by atoms with E-state index in [4.69, 9.17) is 12.2 Å². The number of nitrogens with one attached hydrogen (secondary N) is 2. The first kappa shape index (κ1) is 14.9. The molecule has 1 amide bonds. The van der Waals surface area contributed by atoms with Gasteiger partial charge in [0.2, 0.25) is 0 Å². The number of carbonyl (C=O) groups is 1. The van der Waals surface area contributed by atoms with Gasteiger partial charge in [0.05, 0.1) is 11.2 Å². The molecule has 3 rings (SSSR count). The molecule has 22 heavy (non-hydrogen) atoms. The summed E-state index contributed by atoms with van der Waals surface area (Å²) in [6.45, 7) is 5.92. The number of aryl methyl sites for hydroxylation is 3. The van der Waals surface area contributed by atoms with Gasteiger partial charge in [-0.3, -0.25) is 4.79 Å². The van der Waals surface area contributed by atoms with E-state index in [2.05, 4.69) is 15.3 Å². The van der Waals surface area contributed by atoms with Crippen LogP contribution < -0.4 is 5.32 Å². The molecule has 112 valence electrons. The van der Waals surface area contributed by atoms with Crippen LogP contribution in [0.4, 0.5) is 5.69 Å². The average Bonchev–Trinajstić information content (AvgIpc) is 2.80. The van der Waals surface area contributed by atoms with Crippen LogP contribution in [-0.4, -0.2) is 15.9 Å². The number of anilines is 1. The van der Waals surface area contributed by atoms with E-state index < -0.39 is 0 Å². The maximum atomic E-state index is 12.6. The molecule has 0 aliphatic rings. The molecule has 6 heteroatoms. The summed E-state index contributed by atoms with van der Waals surface area (Å²) in [5.41, 5.74) is 3.91. The molecule has 1 aromatic carbocycles. The van der Waals surface area contributed by atoms with Crippen LogP contribution >= 0.6 is 23.6 Å². The number of fused-ring (bicyclic) bond motifs is 1. The Balaban J connectivity index is 2.01. The van der Waals surface area contributed by atoms with Gasteiger partial charge < -0.3 is 10.3 Å². The summed E-state index contributed by atoms with van der Waals surface area (Å²) in [5.74, 6) is -0.123. The van der Waals surface area contributed by atoms with Crippen LogP contribution in [0.5, 0.6) is 0 Å². The second-order valence-corrected chi connectivity index (χ2v) is 6.65. The number of hydrogen-bond acceptors (Lipinski definition) is 4. The second kappa shape index (κ2) is 5.62. The molecule has 0 bridgehead atoms. The highest BCUT2D eigenvalue weighted by Gasteiger charge is 2.17. The van der Waals surface area contributed by atoms with Gasteiger partial charge in [0, 0.05) is 11.1 Å². The van der Waals surface area contributed by atoms with Crippen molar-refractivity contribution in [2.45, 2.75) is 20.8 Å². The minimum Gasteiger partial charge on any atom is -0.337 e. The van der Waals surface area contributed by atoms with Crippen molar-refractivity contribution in [2.24, 2.45) is 0 Å². The number of H-pyrrole nitrogens is 1. The zero-order valence-corrected chi connectivity index (χ0v) is 14.1. The predicted octanol–water partition coefficient (Wildman–Crippen LogP) is 4.53. The van der Waals surface area contributed by atoms with Gasteiger partial charge in [0.1, 0.15) is 9.47 Å². The average molecular weight is 329 g/mol. The Hall–Kier alpha value is -2.05. The summed E-state index contributed by atoms with van der Waals surface area (Å²) in [6, 6.07) is 5.96. The smallest absolute Gasteiger partial charge is 0.266 e. The summed E-state index contributed by atoms with van der Waals surface area (Å²) < 4.78 is 0.615. The molecule has 0 saturated heterocycles. The highest BCUT2D eigenvalue weighted by Crippen LogP contribution is 2.30. The van der Waals surface area contributed by atoms with E-state index in [1.54, 1.807) is 6.33 Å². The normalized spacial score (nSPS) is 10.9. The van der Waals surface area contributed by atoms with Gasteiger partial charge in [-0.15, -0.1) is 11.3 Å². The Labute approximate surface area is 137 Å². The molecule has 0 aliphatic heterocycles. The van der Waals surface area contributed by atoms with E-state index in [0.29, 0.717) is 9.52 Å². The molecule has 0 unspecified atom stereocenters. The minimum absolute atomic E-state index is 0.123. The van der Waals surface area contributed by atoms with E-state index in [-0.39, 0.29) is 5.91 Å². The van der Waals surface area contributed by atoms with Crippen LogP contribution in [0.25, 0.3) is 10.2 Å². The molecule has 4 nitrogen and oxygen atoms in total. The maximum absolute atomic E-state index is 12.6. The third-order valence-corrected chi connectivity index (χ3v) is 5.09. The van der Waals surface area contributed by atoms with Crippen LogP contribution in [0.2, 0.25) is 0 Å². The third-order valence-electron chi connectivity index (χ3n) is 3.57. The zero-order chi connectivity index (χ0) is 15.9. The van der Waals surface area contributed by atoms with Crippen molar-refractivity contribution in [2.75, 3.05) is 5.32 Å². The molecular weight excluding hydrogens is 314 g/mol. The van der Waals surface area contributed by atoms with E-state index in [1.807, 2.05) is 39.0 Å². The van der Waals surface area contributed by atoms with Crippen molar-refractivity contribution in [3.05, 3.63) is 50.7 Å². The number of carbonyl (C=O) groups excluding carboxylic acids is 1. The van der Waals surface area contributed by atoms with Crippen LogP contribution in [-0.2, 0) is 0 Å². The maximum Gasteiger partial charge on any atom is 0.266 e. The molecule has 0 atom stereocenters. The van der Waals surface area contributed by atoms with Gasteiger partial charge in [-0.2, -0.15) is 0 Å². The molecule has 0 saturated carbocycles. The molecule has 0 fully saturated rings. The largest absolute Gasteiger partial charge is 0.337 e. The molecule has 0 aliphatic carbocycles. The van der Waals surface area contributed by atoms with Gasteiger partial charge in [-0.05, 0) is 38.0 Å². The van der Waals surface area contributed by atoms with Gasteiger partial charge in [0.15, 0.2) is 0 Å². The Morgan fingerprint density at radius 2 is 2.09 bits per heavy atom. The first-order chi connectivity index (χ1) is 10.5. The topological polar surface area (TPSA) is 57.8 Å². The van der Waals surface area contributed by atoms with E-state index in [0.717, 1.165) is 27.0 Å². The molecule has 0 radical (unpaired) electrons. The predicted molar refractivity (Wildman–Crippen MR) is 93.4 cm³/mol. The van der Waals surface area contributed by atoms with Crippen LogP contribution in [0.15, 0.2) is 24.5 Å². The third kappa shape index (κ3) is 2.55. The number of rotatable bonds is 2. The fraction of sp³-hybridized carbons (Fsp3) is 0.188. The van der Waals surface area contributed by atoms with Crippen molar-refractivity contribution in [1.82, 2.24) is 9.97 Å². The second-order valence-electron chi connectivity index (χ2n) is 5.24. The molecule has 2 heterocycles. The molecular formula is C16H15N3OS2. The van der Waals surface area contributed by atoms with E-state index >= 15 is 0 Å². The summed E-state index contributed by atoms with van der Waals surface area (Å²) >= 11 is 6.65. The van der Waals surface area contributed by atoms with Crippen molar-refractivity contribution in [1.29, 1.82) is 0 Å². The first-order valence-corrected chi connectivity index (χ1v) is 8.05. The van der Waals surface area contributed by atoms with Crippen LogP contribution in [0.3, 0.4) is 0 Å². The van der Waals surface area contributed by atoms with Crippen molar-refractivity contribution in [3.63, 3.8) is 0 Å². The Bertz CT molecular complexity index is 940. The van der Waals surface area contributed by atoms with Gasteiger partial charge in [0.25, 0.3) is 5.91 Å². The quantitative estimate of drug-likeness (QED) is 0.679. The standard InChI is InChI=1S/C16H15N3OS2/c1-8-4-5-11(9(2)6-8)19-14(20)13-10(3)12-15(21)17-7-18-16(12)22-13/h4-7H,1-3H3,(H,19,20)(H,17,18,21). The minimum atomic E-state index is -0.123. The highest BCUT2D eigenvalue weighted by atomic mass is 32.1. The first-order valence-electron chi connectivity index (χ1n) is 6.83. The lowest BCUT2D eigenvalue weighted by molar-refractivity contribution is 0.103. The summed E-state index contributed by atoms with van der Waals surface area (Å²) in [7, 11) is 0. The lowest BCUT2D eigenvalue weighted by Gasteiger charge is -2.08. The van der Waals surface area contributed by atoms with Crippen LogP contribution in [0.1, 0.15) is 26.4 Å². The van der Waals surface area contributed by atoms with Gasteiger partial charge >= 0.3 is 0 Å². The number of aromatic nitrogens is 2. The van der Waals surface area contributed by atoms with E-state index in [9.17, 15) is 4.79 Å². The van der Waals surface area contributed by atoms with Gasteiger partial charge in [-0.1, -0.05) is 29.9 Å². The van der Waals surface area contributed by atoms with Crippen LogP contribution in [0, 0.1) is 25.4 Å². The summed E-state index contributed by atoms with van der Waals surface area (Å²) in [4.78, 5) is 21.2. The number of hydrogen-bond donors (Lipinski definition) is 2. The number of benzene rings is 1. The lowest BCUT2D eigenvalue weighted by Crippen LogP contribution is -2.12. The Kier molecular flexibility index (Phi) is 3.80. The molecule has 3 aromatic rings. The number of amides is 1. The Morgan fingerprint density at radius 3 is 2.77 bits per heavy atom. The number of thiophene rings is 1. The molecule has 2 aromatic heterocycles. The highest BCUT2D eigenvalue weighted by molar-refractivity contribution is 7.71. The van der Waals surface area contributed by atoms with E-state index in [1.165, 1.54) is 16.9 Å². The van der Waals surface area contributed by atoms with Crippen molar-refractivity contribution in [3.8, 4) is 0 Å². The Morgan fingerprint density at radius 1 is 1.32 bits per heavy atom. The monoisotopic (exact) mass is 329 g/mol. The zero-order valence-electron chi connectivity index (χ0n) is 12.5. The SMILES string of the molecule is Cc1ccc(NC(=O)c2sc3nc[nH]c(=S)c3c2C)c(C)c1. The van der Waals surface area contributed by atoms with Crippen molar-refractivity contribution >= 4 is 45.4 Å². The molecule has 0 spiro atoms. The molecule has 2 N–H and O–H groups in total. The fourth-order valence-electron chi connectivity index (χ4n) is 2.43. The van der Waals surface area contributed by atoms with Crippen molar-refractivity contribution < 1.29 is 4.79 Å². The summed E-state index contributed by atoms with van der Waals surface area (Å²) in [5, 5.41) is 3.83. The lowest BCUT2D eigenvalue weighted by atomic mass is 10.1. The number of nitrogens with zero attached hydrogens (tertiary/aromatic N) is 1. The number of aromatic amines is 1. The summed E-state index contributed by atoms with van der Waals surface area (Å²) in [6.07, 6.45) is 1.56.